The third-order valence-electron chi connectivity index (χ3n) is 13.0. The van der Waals surface area contributed by atoms with Crippen LogP contribution in [0, 0.1) is 46.3 Å². The molecule has 0 bridgehead atoms. The van der Waals surface area contributed by atoms with E-state index in [9.17, 15) is 15.0 Å². The lowest BCUT2D eigenvalue weighted by atomic mass is 9.47. The molecule has 0 aromatic heterocycles. The van der Waals surface area contributed by atoms with Crippen LogP contribution in [0.4, 0.5) is 0 Å². The molecule has 6 rings (SSSR count). The van der Waals surface area contributed by atoms with Gasteiger partial charge in [0.25, 0.3) is 0 Å². The largest absolute Gasteiger partial charge is 0.393 e. The summed E-state index contributed by atoms with van der Waals surface area (Å²) in [7, 11) is 0. The third-order valence-corrected chi connectivity index (χ3v) is 13.0. The fourth-order valence-corrected chi connectivity index (χ4v) is 10.5. The molecular formula is C32H51NO3. The van der Waals surface area contributed by atoms with Crippen LogP contribution < -0.4 is 0 Å². The number of rotatable bonds is 5. The second-order valence-corrected chi connectivity index (χ2v) is 14.7. The molecule has 8 atom stereocenters. The zero-order valence-corrected chi connectivity index (χ0v) is 23.2. The number of hydrogen-bond acceptors (Lipinski definition) is 3. The Hall–Kier alpha value is -0.870. The zero-order valence-electron chi connectivity index (χ0n) is 23.2. The van der Waals surface area contributed by atoms with Gasteiger partial charge in [-0.1, -0.05) is 32.4 Å². The lowest BCUT2D eigenvalue weighted by molar-refractivity contribution is -0.136. The zero-order chi connectivity index (χ0) is 25.3. The maximum absolute atomic E-state index is 13.1. The predicted molar refractivity (Wildman–Crippen MR) is 143 cm³/mol. The van der Waals surface area contributed by atoms with Crippen LogP contribution in [0.15, 0.2) is 11.6 Å². The second-order valence-electron chi connectivity index (χ2n) is 14.7. The maximum atomic E-state index is 13.1. The average Bonchev–Trinajstić information content (AvgIpc) is 3.66. The molecule has 0 aromatic carbocycles. The van der Waals surface area contributed by atoms with Crippen LogP contribution in [0.3, 0.4) is 0 Å². The Morgan fingerprint density at radius 2 is 1.78 bits per heavy atom. The first-order valence-corrected chi connectivity index (χ1v) is 15.5. The monoisotopic (exact) mass is 497 g/mol. The summed E-state index contributed by atoms with van der Waals surface area (Å²) in [6.07, 6.45) is 17.7. The Labute approximate surface area is 219 Å². The molecule has 4 nitrogen and oxygen atoms in total. The van der Waals surface area contributed by atoms with Crippen LogP contribution in [0.2, 0.25) is 0 Å². The van der Waals surface area contributed by atoms with Crippen molar-refractivity contribution in [3.05, 3.63) is 11.6 Å². The Balaban J connectivity index is 1.06. The number of likely N-dealkylation sites (tertiary alicyclic amines) is 1. The SMILES string of the molecule is C[C@H](CCC(=O)N1CCC(O)(C2CC2)CC1)[C@H]1CC[C@H]2[C@@H]3CC=C4C[C@@H](O)CC[C@]4(C)[C@H]3CC[C@]12C. The number of carbonyl (C=O) groups is 1. The van der Waals surface area contributed by atoms with Crippen molar-refractivity contribution in [2.45, 2.75) is 122 Å². The number of hydrogen-bond donors (Lipinski definition) is 2. The summed E-state index contributed by atoms with van der Waals surface area (Å²) in [5, 5.41) is 21.1. The first-order valence-electron chi connectivity index (χ1n) is 15.5. The molecule has 4 saturated carbocycles. The summed E-state index contributed by atoms with van der Waals surface area (Å²) < 4.78 is 0. The highest BCUT2D eigenvalue weighted by molar-refractivity contribution is 5.76. The van der Waals surface area contributed by atoms with E-state index in [-0.39, 0.29) is 6.10 Å². The molecule has 1 heterocycles. The minimum atomic E-state index is -0.486. The molecule has 5 aliphatic carbocycles. The summed E-state index contributed by atoms with van der Waals surface area (Å²) in [4.78, 5) is 15.1. The molecule has 36 heavy (non-hydrogen) atoms. The number of aliphatic hydroxyl groups excluding tert-OH is 1. The highest BCUT2D eigenvalue weighted by atomic mass is 16.3. The van der Waals surface area contributed by atoms with Crippen molar-refractivity contribution in [2.75, 3.05) is 13.1 Å². The minimum absolute atomic E-state index is 0.122. The van der Waals surface area contributed by atoms with Crippen LogP contribution >= 0.6 is 0 Å². The van der Waals surface area contributed by atoms with Crippen molar-refractivity contribution >= 4 is 5.91 Å². The van der Waals surface area contributed by atoms with Gasteiger partial charge in [0, 0.05) is 19.5 Å². The normalized spacial score (nSPS) is 44.8. The smallest absolute Gasteiger partial charge is 0.222 e. The van der Waals surface area contributed by atoms with Crippen LogP contribution in [-0.2, 0) is 4.79 Å². The molecule has 2 N–H and O–H groups in total. The summed E-state index contributed by atoms with van der Waals surface area (Å²) >= 11 is 0. The molecule has 5 fully saturated rings. The Bertz CT molecular complexity index is 886. The van der Waals surface area contributed by atoms with Crippen molar-refractivity contribution in [1.29, 1.82) is 0 Å². The van der Waals surface area contributed by atoms with E-state index < -0.39 is 5.60 Å². The Kier molecular flexibility index (Phi) is 6.43. The quantitative estimate of drug-likeness (QED) is 0.451. The maximum Gasteiger partial charge on any atom is 0.222 e. The molecule has 0 radical (unpaired) electrons. The third kappa shape index (κ3) is 4.12. The first-order chi connectivity index (χ1) is 17.1. The van der Waals surface area contributed by atoms with Crippen LogP contribution in [-0.4, -0.2) is 45.8 Å². The lowest BCUT2D eigenvalue weighted by Crippen LogP contribution is -2.50. The Morgan fingerprint density at radius 3 is 2.50 bits per heavy atom. The number of carbonyl (C=O) groups excluding carboxylic acids is 1. The number of piperidine rings is 1. The van der Waals surface area contributed by atoms with E-state index in [0.29, 0.717) is 35.0 Å². The van der Waals surface area contributed by atoms with Gasteiger partial charge in [-0.2, -0.15) is 0 Å². The van der Waals surface area contributed by atoms with Gasteiger partial charge in [0.1, 0.15) is 0 Å². The summed E-state index contributed by atoms with van der Waals surface area (Å²) in [6.45, 7) is 9.06. The molecule has 4 heteroatoms. The van der Waals surface area contributed by atoms with E-state index in [0.717, 1.165) is 68.9 Å². The van der Waals surface area contributed by atoms with E-state index in [1.54, 1.807) is 5.57 Å². The van der Waals surface area contributed by atoms with Gasteiger partial charge in [-0.05, 0) is 130 Å². The highest BCUT2D eigenvalue weighted by Gasteiger charge is 2.59. The van der Waals surface area contributed by atoms with Gasteiger partial charge in [0.15, 0.2) is 0 Å². The number of amides is 1. The van der Waals surface area contributed by atoms with E-state index in [4.69, 9.17) is 0 Å². The fraction of sp³-hybridized carbons (Fsp3) is 0.906. The molecule has 6 aliphatic rings. The first kappa shape index (κ1) is 25.4. The molecule has 1 saturated heterocycles. The van der Waals surface area contributed by atoms with Crippen molar-refractivity contribution in [1.82, 2.24) is 4.90 Å². The molecule has 1 aliphatic heterocycles. The van der Waals surface area contributed by atoms with Crippen LogP contribution in [0.5, 0.6) is 0 Å². The summed E-state index contributed by atoms with van der Waals surface area (Å²) in [6, 6.07) is 0. The molecule has 0 unspecified atom stereocenters. The van der Waals surface area contributed by atoms with Gasteiger partial charge in [-0.15, -0.1) is 0 Å². The summed E-state index contributed by atoms with van der Waals surface area (Å²) in [5.41, 5.74) is 1.83. The van der Waals surface area contributed by atoms with Gasteiger partial charge in [0.05, 0.1) is 11.7 Å². The Morgan fingerprint density at radius 1 is 1.03 bits per heavy atom. The average molecular weight is 498 g/mol. The van der Waals surface area contributed by atoms with E-state index >= 15 is 0 Å². The van der Waals surface area contributed by atoms with Crippen molar-refractivity contribution in [2.24, 2.45) is 46.3 Å². The summed E-state index contributed by atoms with van der Waals surface area (Å²) in [5.74, 6) is 4.59. The van der Waals surface area contributed by atoms with Crippen LogP contribution in [0.25, 0.3) is 0 Å². The van der Waals surface area contributed by atoms with Crippen LogP contribution in [0.1, 0.15) is 111 Å². The minimum Gasteiger partial charge on any atom is -0.393 e. The van der Waals surface area contributed by atoms with Gasteiger partial charge < -0.3 is 15.1 Å². The molecule has 1 amide bonds. The number of nitrogens with zero attached hydrogens (tertiary/aromatic N) is 1. The van der Waals surface area contributed by atoms with Gasteiger partial charge >= 0.3 is 0 Å². The number of allylic oxidation sites excluding steroid dienone is 1. The number of fused-ring (bicyclic) bond motifs is 5. The van der Waals surface area contributed by atoms with E-state index in [1.807, 2.05) is 4.90 Å². The molecule has 202 valence electrons. The number of aliphatic hydroxyl groups is 2. The highest BCUT2D eigenvalue weighted by Crippen LogP contribution is 2.67. The van der Waals surface area contributed by atoms with Gasteiger partial charge in [-0.25, -0.2) is 0 Å². The molecule has 0 aromatic rings. The van der Waals surface area contributed by atoms with E-state index in [1.165, 1.54) is 51.4 Å². The van der Waals surface area contributed by atoms with Gasteiger partial charge in [0.2, 0.25) is 5.91 Å². The molecule has 0 spiro atoms. The van der Waals surface area contributed by atoms with Gasteiger partial charge in [-0.3, -0.25) is 4.79 Å². The second kappa shape index (κ2) is 9.11. The standard InChI is InChI=1S/C32H51NO3/c1-21(4-11-29(35)33-18-16-32(36,17-19-33)22-5-6-22)26-9-10-27-25-8-7-23-20-24(34)12-14-30(23,2)28(25)13-15-31(26,27)3/h7,21-22,24-28,34,36H,4-6,8-20H2,1-3H3/t21-,24+,25+,26-,27+,28+,30+,31-/m1/s1. The lowest BCUT2D eigenvalue weighted by Gasteiger charge is -2.58. The topological polar surface area (TPSA) is 60.8 Å². The van der Waals surface area contributed by atoms with Crippen molar-refractivity contribution < 1.29 is 15.0 Å². The van der Waals surface area contributed by atoms with Crippen molar-refractivity contribution in [3.8, 4) is 0 Å². The predicted octanol–water partition coefficient (Wildman–Crippen LogP) is 6.11. The molecular weight excluding hydrogens is 446 g/mol. The fourth-order valence-electron chi connectivity index (χ4n) is 10.5. The van der Waals surface area contributed by atoms with E-state index in [2.05, 4.69) is 26.8 Å². The van der Waals surface area contributed by atoms with Crippen molar-refractivity contribution in [3.63, 3.8) is 0 Å².